The van der Waals surface area contributed by atoms with Crippen molar-refractivity contribution in [1.29, 1.82) is 0 Å². The van der Waals surface area contributed by atoms with Crippen LogP contribution < -0.4 is 0 Å². The lowest BCUT2D eigenvalue weighted by molar-refractivity contribution is 0.0546. The highest BCUT2D eigenvalue weighted by atomic mass is 16.5. The predicted molar refractivity (Wildman–Crippen MR) is 169 cm³/mol. The van der Waals surface area contributed by atoms with Gasteiger partial charge in [-0.1, -0.05) is 95.9 Å². The lowest BCUT2D eigenvalue weighted by Crippen LogP contribution is -2.47. The molecule has 0 saturated carbocycles. The number of benzene rings is 2. The molecule has 41 heavy (non-hydrogen) atoms. The van der Waals surface area contributed by atoms with E-state index in [1.165, 1.54) is 31.2 Å². The Balaban J connectivity index is 1.49. The highest BCUT2D eigenvalue weighted by Gasteiger charge is 2.29. The zero-order valence-corrected chi connectivity index (χ0v) is 26.3. The Morgan fingerprint density at radius 3 is 2.24 bits per heavy atom. The lowest BCUT2D eigenvalue weighted by atomic mass is 9.92. The standard InChI is InChI=1S/C36H51N3O2/c1-7-8-9-10-28-11-17-31(18-12-28)35(40)39(32-20-23-38(24-21-32)22-19-27(2)3)26-29-13-15-30(16-14-29)33-25-34(37-41-33)36(4,5)6/h11-18,25,27,32H,7-10,19-24,26H2,1-6H3. The summed E-state index contributed by atoms with van der Waals surface area (Å²) < 4.78 is 5.66. The van der Waals surface area contributed by atoms with Crippen LogP contribution in [0.4, 0.5) is 0 Å². The summed E-state index contributed by atoms with van der Waals surface area (Å²) in [5, 5.41) is 4.28. The molecule has 222 valence electrons. The van der Waals surface area contributed by atoms with Crippen LogP contribution >= 0.6 is 0 Å². The molecule has 1 fully saturated rings. The Hall–Kier alpha value is -2.92. The summed E-state index contributed by atoms with van der Waals surface area (Å²) in [6.07, 6.45) is 8.01. The lowest BCUT2D eigenvalue weighted by Gasteiger charge is -2.39. The van der Waals surface area contributed by atoms with Gasteiger partial charge in [-0.3, -0.25) is 4.79 Å². The average molecular weight is 558 g/mol. The molecule has 0 unspecified atom stereocenters. The molecule has 4 rings (SSSR count). The van der Waals surface area contributed by atoms with Crippen LogP contribution in [0.3, 0.4) is 0 Å². The zero-order chi connectivity index (χ0) is 29.4. The number of rotatable bonds is 12. The Kier molecular flexibility index (Phi) is 10.8. The summed E-state index contributed by atoms with van der Waals surface area (Å²) in [4.78, 5) is 18.7. The fraction of sp³-hybridized carbons (Fsp3) is 0.556. The van der Waals surface area contributed by atoms with Gasteiger partial charge >= 0.3 is 0 Å². The van der Waals surface area contributed by atoms with Crippen molar-refractivity contribution in [2.24, 2.45) is 5.92 Å². The van der Waals surface area contributed by atoms with E-state index >= 15 is 0 Å². The van der Waals surface area contributed by atoms with E-state index in [2.05, 4.69) is 92.9 Å². The molecule has 5 heteroatoms. The molecule has 2 aromatic carbocycles. The second-order valence-corrected chi connectivity index (χ2v) is 13.4. The van der Waals surface area contributed by atoms with E-state index in [1.807, 2.05) is 18.2 Å². The molecule has 2 heterocycles. The Morgan fingerprint density at radius 1 is 1.00 bits per heavy atom. The Morgan fingerprint density at radius 2 is 1.66 bits per heavy atom. The number of aryl methyl sites for hydroxylation is 1. The quantitative estimate of drug-likeness (QED) is 0.209. The number of nitrogens with zero attached hydrogens (tertiary/aromatic N) is 3. The third kappa shape index (κ3) is 8.78. The number of hydrogen-bond acceptors (Lipinski definition) is 4. The number of hydrogen-bond donors (Lipinski definition) is 0. The normalized spacial score (nSPS) is 15.0. The first kappa shape index (κ1) is 31.0. The van der Waals surface area contributed by atoms with Crippen LogP contribution in [0.1, 0.15) is 107 Å². The number of unbranched alkanes of at least 4 members (excludes halogenated alkanes) is 2. The van der Waals surface area contributed by atoms with E-state index in [4.69, 9.17) is 4.52 Å². The van der Waals surface area contributed by atoms with Gasteiger partial charge in [0.1, 0.15) is 0 Å². The van der Waals surface area contributed by atoms with E-state index in [-0.39, 0.29) is 17.4 Å². The summed E-state index contributed by atoms with van der Waals surface area (Å²) in [5.74, 6) is 1.64. The molecule has 0 atom stereocenters. The van der Waals surface area contributed by atoms with Crippen molar-refractivity contribution in [1.82, 2.24) is 15.0 Å². The Bertz CT molecular complexity index is 1210. The molecular weight excluding hydrogens is 506 g/mol. The molecule has 0 radical (unpaired) electrons. The van der Waals surface area contributed by atoms with Crippen molar-refractivity contribution < 1.29 is 9.32 Å². The van der Waals surface area contributed by atoms with Crippen molar-refractivity contribution in [3.63, 3.8) is 0 Å². The SMILES string of the molecule is CCCCCc1ccc(C(=O)N(Cc2ccc(-c3cc(C(C)(C)C)no3)cc2)C2CCN(CCC(C)C)CC2)cc1. The van der Waals surface area contributed by atoms with Crippen molar-refractivity contribution in [2.75, 3.05) is 19.6 Å². The molecule has 0 N–H and O–H groups in total. The molecule has 1 amide bonds. The Labute approximate surface area is 248 Å². The van der Waals surface area contributed by atoms with Gasteiger partial charge in [-0.15, -0.1) is 0 Å². The molecule has 0 bridgehead atoms. The first-order chi connectivity index (χ1) is 19.6. The van der Waals surface area contributed by atoms with E-state index in [0.29, 0.717) is 6.54 Å². The van der Waals surface area contributed by atoms with Gasteiger partial charge in [0.2, 0.25) is 0 Å². The van der Waals surface area contributed by atoms with E-state index in [0.717, 1.165) is 73.0 Å². The minimum absolute atomic E-state index is 0.0549. The van der Waals surface area contributed by atoms with Crippen molar-refractivity contribution in [3.05, 3.63) is 77.0 Å². The van der Waals surface area contributed by atoms with Crippen LogP contribution in [0, 0.1) is 5.92 Å². The summed E-state index contributed by atoms with van der Waals surface area (Å²) in [7, 11) is 0. The third-order valence-electron chi connectivity index (χ3n) is 8.42. The molecule has 5 nitrogen and oxygen atoms in total. The molecule has 0 aliphatic carbocycles. The first-order valence-electron chi connectivity index (χ1n) is 15.8. The summed E-state index contributed by atoms with van der Waals surface area (Å²) in [6.45, 7) is 17.1. The monoisotopic (exact) mass is 557 g/mol. The molecule has 1 aliphatic heterocycles. The summed E-state index contributed by atoms with van der Waals surface area (Å²) >= 11 is 0. The topological polar surface area (TPSA) is 49.6 Å². The van der Waals surface area contributed by atoms with Crippen molar-refractivity contribution >= 4 is 5.91 Å². The summed E-state index contributed by atoms with van der Waals surface area (Å²) in [6, 6.07) is 19.1. The minimum atomic E-state index is -0.0549. The second kappa shape index (κ2) is 14.3. The fourth-order valence-electron chi connectivity index (χ4n) is 5.56. The van der Waals surface area contributed by atoms with Crippen LogP contribution in [-0.2, 0) is 18.4 Å². The van der Waals surface area contributed by atoms with Gasteiger partial charge in [0, 0.05) is 48.3 Å². The van der Waals surface area contributed by atoms with Gasteiger partial charge in [-0.05, 0) is 67.8 Å². The van der Waals surface area contributed by atoms with Gasteiger partial charge in [0.15, 0.2) is 5.76 Å². The maximum Gasteiger partial charge on any atom is 0.254 e. The van der Waals surface area contributed by atoms with Crippen LogP contribution in [0.5, 0.6) is 0 Å². The number of aromatic nitrogens is 1. The molecule has 1 saturated heterocycles. The van der Waals surface area contributed by atoms with Crippen molar-refractivity contribution in [2.45, 2.75) is 104 Å². The van der Waals surface area contributed by atoms with E-state index in [9.17, 15) is 4.79 Å². The molecule has 1 aromatic heterocycles. The van der Waals surface area contributed by atoms with Gasteiger partial charge in [-0.25, -0.2) is 0 Å². The van der Waals surface area contributed by atoms with Gasteiger partial charge < -0.3 is 14.3 Å². The van der Waals surface area contributed by atoms with Crippen LogP contribution in [-0.4, -0.2) is 46.5 Å². The number of amides is 1. The highest BCUT2D eigenvalue weighted by Crippen LogP contribution is 2.28. The van der Waals surface area contributed by atoms with E-state index < -0.39 is 0 Å². The fourth-order valence-corrected chi connectivity index (χ4v) is 5.56. The summed E-state index contributed by atoms with van der Waals surface area (Å²) in [5.41, 5.74) is 5.14. The second-order valence-electron chi connectivity index (χ2n) is 13.4. The van der Waals surface area contributed by atoms with Crippen LogP contribution in [0.15, 0.2) is 59.1 Å². The molecule has 3 aromatic rings. The first-order valence-corrected chi connectivity index (χ1v) is 15.8. The molecule has 1 aliphatic rings. The third-order valence-corrected chi connectivity index (χ3v) is 8.42. The smallest absolute Gasteiger partial charge is 0.254 e. The number of piperidine rings is 1. The largest absolute Gasteiger partial charge is 0.356 e. The van der Waals surface area contributed by atoms with E-state index in [1.54, 1.807) is 0 Å². The molecule has 0 spiro atoms. The van der Waals surface area contributed by atoms with Crippen molar-refractivity contribution in [3.8, 4) is 11.3 Å². The van der Waals surface area contributed by atoms with Gasteiger partial charge in [0.05, 0.1) is 5.69 Å². The predicted octanol–water partition coefficient (Wildman–Crippen LogP) is 8.52. The highest BCUT2D eigenvalue weighted by molar-refractivity contribution is 5.94. The zero-order valence-electron chi connectivity index (χ0n) is 26.3. The maximum atomic E-state index is 14.0. The maximum absolute atomic E-state index is 14.0. The average Bonchev–Trinajstić information content (AvgIpc) is 3.47. The van der Waals surface area contributed by atoms with Gasteiger partial charge in [-0.2, -0.15) is 0 Å². The number of carbonyl (C=O) groups excluding carboxylic acids is 1. The van der Waals surface area contributed by atoms with Crippen LogP contribution in [0.2, 0.25) is 0 Å². The molecular formula is C36H51N3O2. The van der Waals surface area contributed by atoms with Gasteiger partial charge in [0.25, 0.3) is 5.91 Å². The minimum Gasteiger partial charge on any atom is -0.356 e. The van der Waals surface area contributed by atoms with Crippen LogP contribution in [0.25, 0.3) is 11.3 Å². The number of carbonyl (C=O) groups is 1. The number of likely N-dealkylation sites (tertiary alicyclic amines) is 1.